The first-order chi connectivity index (χ1) is 15.0. The molecule has 0 unspecified atom stereocenters. The van der Waals surface area contributed by atoms with Gasteiger partial charge in [0, 0.05) is 51.5 Å². The van der Waals surface area contributed by atoms with Crippen molar-refractivity contribution in [3.05, 3.63) is 64.6 Å². The smallest absolute Gasteiger partial charge is 0.270 e. The molecule has 0 spiro atoms. The highest BCUT2D eigenvalue weighted by Gasteiger charge is 2.20. The Labute approximate surface area is 186 Å². The maximum Gasteiger partial charge on any atom is 0.270 e. The SMILES string of the molecule is CCc1nc2ccc(Cl)cn2c1C(=O)NCc1ccc(N2CCN(C(C)=O)CC2)cc1. The van der Waals surface area contributed by atoms with Crippen LogP contribution in [0.4, 0.5) is 5.69 Å². The fraction of sp³-hybridized carbons (Fsp3) is 0.348. The van der Waals surface area contributed by atoms with E-state index in [9.17, 15) is 9.59 Å². The largest absolute Gasteiger partial charge is 0.368 e. The lowest BCUT2D eigenvalue weighted by molar-refractivity contribution is -0.129. The number of amides is 2. The van der Waals surface area contributed by atoms with Gasteiger partial charge < -0.3 is 15.1 Å². The molecule has 0 radical (unpaired) electrons. The fourth-order valence-corrected chi connectivity index (χ4v) is 4.09. The Bertz CT molecular complexity index is 1100. The molecule has 0 saturated carbocycles. The molecule has 1 aromatic carbocycles. The average Bonchev–Trinajstić information content (AvgIpc) is 3.15. The van der Waals surface area contributed by atoms with Crippen molar-refractivity contribution >= 4 is 34.7 Å². The molecule has 0 bridgehead atoms. The topological polar surface area (TPSA) is 70.0 Å². The van der Waals surface area contributed by atoms with E-state index in [0.29, 0.717) is 29.3 Å². The monoisotopic (exact) mass is 439 g/mol. The van der Waals surface area contributed by atoms with E-state index in [1.807, 2.05) is 30.0 Å². The molecule has 3 aromatic rings. The van der Waals surface area contributed by atoms with E-state index in [4.69, 9.17) is 11.6 Å². The normalized spacial score (nSPS) is 14.2. The predicted octanol–water partition coefficient (Wildman–Crippen LogP) is 3.15. The van der Waals surface area contributed by atoms with Gasteiger partial charge in [-0.2, -0.15) is 0 Å². The van der Waals surface area contributed by atoms with Crippen LogP contribution >= 0.6 is 11.6 Å². The van der Waals surface area contributed by atoms with Gasteiger partial charge >= 0.3 is 0 Å². The Kier molecular flexibility index (Phi) is 6.13. The molecule has 1 saturated heterocycles. The van der Waals surface area contributed by atoms with Crippen molar-refractivity contribution in [3.63, 3.8) is 0 Å². The molecule has 162 valence electrons. The molecular formula is C23H26ClN5O2. The minimum atomic E-state index is -0.170. The highest BCUT2D eigenvalue weighted by atomic mass is 35.5. The van der Waals surface area contributed by atoms with Crippen molar-refractivity contribution in [1.82, 2.24) is 19.6 Å². The van der Waals surface area contributed by atoms with Crippen LogP contribution in [0.3, 0.4) is 0 Å². The third-order valence-electron chi connectivity index (χ3n) is 5.68. The molecule has 3 heterocycles. The zero-order valence-corrected chi connectivity index (χ0v) is 18.5. The van der Waals surface area contributed by atoms with Crippen LogP contribution in [0.15, 0.2) is 42.6 Å². The van der Waals surface area contributed by atoms with E-state index in [2.05, 4.69) is 27.3 Å². The number of aryl methyl sites for hydroxylation is 1. The number of aromatic nitrogens is 2. The van der Waals surface area contributed by atoms with Gasteiger partial charge in [0.2, 0.25) is 5.91 Å². The van der Waals surface area contributed by atoms with Crippen molar-refractivity contribution in [3.8, 4) is 0 Å². The second kappa shape index (κ2) is 8.98. The Morgan fingerprint density at radius 2 is 1.77 bits per heavy atom. The van der Waals surface area contributed by atoms with Gasteiger partial charge in [-0.05, 0) is 36.2 Å². The van der Waals surface area contributed by atoms with Crippen LogP contribution in [0.5, 0.6) is 0 Å². The Morgan fingerprint density at radius 3 is 2.42 bits per heavy atom. The Hall–Kier alpha value is -3.06. The van der Waals surface area contributed by atoms with Gasteiger partial charge in [0.05, 0.1) is 10.7 Å². The number of anilines is 1. The molecule has 7 nitrogen and oxygen atoms in total. The number of rotatable bonds is 5. The number of halogens is 1. The maximum atomic E-state index is 12.9. The Balaban J connectivity index is 1.41. The zero-order chi connectivity index (χ0) is 22.0. The van der Waals surface area contributed by atoms with Crippen molar-refractivity contribution in [1.29, 1.82) is 0 Å². The van der Waals surface area contributed by atoms with Crippen molar-refractivity contribution in [2.24, 2.45) is 0 Å². The van der Waals surface area contributed by atoms with Crippen LogP contribution in [0.25, 0.3) is 5.65 Å². The minimum Gasteiger partial charge on any atom is -0.368 e. The van der Waals surface area contributed by atoms with Gasteiger partial charge in [-0.1, -0.05) is 30.7 Å². The summed E-state index contributed by atoms with van der Waals surface area (Å²) in [5, 5.41) is 3.56. The fourth-order valence-electron chi connectivity index (χ4n) is 3.92. The van der Waals surface area contributed by atoms with Crippen molar-refractivity contribution in [2.45, 2.75) is 26.8 Å². The number of hydrogen-bond acceptors (Lipinski definition) is 4. The summed E-state index contributed by atoms with van der Waals surface area (Å²) >= 11 is 6.12. The summed E-state index contributed by atoms with van der Waals surface area (Å²) in [5.74, 6) is -0.0405. The lowest BCUT2D eigenvalue weighted by Crippen LogP contribution is -2.48. The number of nitrogens with zero attached hydrogens (tertiary/aromatic N) is 4. The lowest BCUT2D eigenvalue weighted by Gasteiger charge is -2.35. The number of benzene rings is 1. The van der Waals surface area contributed by atoms with Gasteiger partial charge in [-0.25, -0.2) is 4.98 Å². The number of nitrogens with one attached hydrogen (secondary N) is 1. The van der Waals surface area contributed by atoms with Gasteiger partial charge in [0.1, 0.15) is 11.3 Å². The third-order valence-corrected chi connectivity index (χ3v) is 5.91. The number of pyridine rings is 1. The van der Waals surface area contributed by atoms with Gasteiger partial charge in [0.15, 0.2) is 0 Å². The van der Waals surface area contributed by atoms with Gasteiger partial charge in [-0.3, -0.25) is 14.0 Å². The summed E-state index contributed by atoms with van der Waals surface area (Å²) in [5.41, 5.74) is 4.13. The quantitative estimate of drug-likeness (QED) is 0.663. The molecule has 8 heteroatoms. The number of hydrogen-bond donors (Lipinski definition) is 1. The van der Waals surface area contributed by atoms with E-state index in [1.54, 1.807) is 23.6 Å². The summed E-state index contributed by atoms with van der Waals surface area (Å²) < 4.78 is 1.75. The lowest BCUT2D eigenvalue weighted by atomic mass is 10.1. The third kappa shape index (κ3) is 4.51. The molecule has 2 aromatic heterocycles. The first-order valence-corrected chi connectivity index (χ1v) is 10.9. The number of fused-ring (bicyclic) bond motifs is 1. The summed E-state index contributed by atoms with van der Waals surface area (Å²) in [6.45, 7) is 7.16. The van der Waals surface area contributed by atoms with Crippen LogP contribution in [0.1, 0.15) is 35.6 Å². The maximum absolute atomic E-state index is 12.9. The predicted molar refractivity (Wildman–Crippen MR) is 122 cm³/mol. The van der Waals surface area contributed by atoms with E-state index < -0.39 is 0 Å². The zero-order valence-electron chi connectivity index (χ0n) is 17.8. The summed E-state index contributed by atoms with van der Waals surface area (Å²) in [6.07, 6.45) is 2.38. The molecule has 4 rings (SSSR count). The minimum absolute atomic E-state index is 0.130. The summed E-state index contributed by atoms with van der Waals surface area (Å²) in [4.78, 5) is 33.1. The number of imidazole rings is 1. The molecule has 0 aliphatic carbocycles. The molecule has 1 fully saturated rings. The average molecular weight is 440 g/mol. The molecule has 1 N–H and O–H groups in total. The second-order valence-corrected chi connectivity index (χ2v) is 8.11. The highest BCUT2D eigenvalue weighted by Crippen LogP contribution is 2.19. The van der Waals surface area contributed by atoms with Gasteiger partial charge in [0.25, 0.3) is 5.91 Å². The van der Waals surface area contributed by atoms with E-state index in [1.165, 1.54) is 0 Å². The van der Waals surface area contributed by atoms with Crippen molar-refractivity contribution < 1.29 is 9.59 Å². The first kappa shape index (κ1) is 21.2. The molecule has 1 aliphatic rings. The molecule has 31 heavy (non-hydrogen) atoms. The number of piperazine rings is 1. The van der Waals surface area contributed by atoms with Crippen LogP contribution in [-0.4, -0.2) is 52.3 Å². The highest BCUT2D eigenvalue weighted by molar-refractivity contribution is 6.30. The van der Waals surface area contributed by atoms with Crippen LogP contribution in [-0.2, 0) is 17.8 Å². The van der Waals surface area contributed by atoms with E-state index in [0.717, 1.165) is 43.1 Å². The standard InChI is InChI=1S/C23H26ClN5O2/c1-3-20-22(29-15-18(24)6-9-21(29)26-20)23(31)25-14-17-4-7-19(8-5-17)28-12-10-27(11-13-28)16(2)30/h4-9,15H,3,10-14H2,1-2H3,(H,25,31). The molecule has 2 amide bonds. The van der Waals surface area contributed by atoms with Crippen LogP contribution in [0, 0.1) is 0 Å². The van der Waals surface area contributed by atoms with Gasteiger partial charge in [-0.15, -0.1) is 0 Å². The summed E-state index contributed by atoms with van der Waals surface area (Å²) in [7, 11) is 0. The number of carbonyl (C=O) groups is 2. The molecule has 1 aliphatic heterocycles. The molecule has 0 atom stereocenters. The summed E-state index contributed by atoms with van der Waals surface area (Å²) in [6, 6.07) is 11.8. The van der Waals surface area contributed by atoms with Crippen molar-refractivity contribution in [2.75, 3.05) is 31.1 Å². The number of carbonyl (C=O) groups excluding carboxylic acids is 2. The van der Waals surface area contributed by atoms with E-state index in [-0.39, 0.29) is 11.8 Å². The van der Waals surface area contributed by atoms with Crippen LogP contribution < -0.4 is 10.2 Å². The molecular weight excluding hydrogens is 414 g/mol. The Morgan fingerprint density at radius 1 is 1.06 bits per heavy atom. The second-order valence-electron chi connectivity index (χ2n) is 7.68. The van der Waals surface area contributed by atoms with Crippen LogP contribution in [0.2, 0.25) is 5.02 Å². The van der Waals surface area contributed by atoms with E-state index >= 15 is 0 Å². The first-order valence-electron chi connectivity index (χ1n) is 10.5.